The minimum Gasteiger partial charge on any atom is -0.368 e. The van der Waals surface area contributed by atoms with Gasteiger partial charge in [0.25, 0.3) is 0 Å². The van der Waals surface area contributed by atoms with Gasteiger partial charge in [-0.05, 0) is 17.5 Å². The molecule has 1 N–H and O–H groups in total. The van der Waals surface area contributed by atoms with Crippen LogP contribution in [0.4, 0.5) is 0 Å². The molecule has 0 radical (unpaired) electrons. The molecule has 2 aromatic carbocycles. The lowest BCUT2D eigenvalue weighted by Crippen LogP contribution is -2.34. The maximum atomic E-state index is 12.5. The number of nitrogens with zero attached hydrogens (tertiary/aromatic N) is 3. The van der Waals surface area contributed by atoms with E-state index < -0.39 is 10.0 Å². The fourth-order valence-corrected chi connectivity index (χ4v) is 4.52. The molecule has 1 heterocycles. The number of rotatable bonds is 10. The van der Waals surface area contributed by atoms with Gasteiger partial charge < -0.3 is 10.2 Å². The fraction of sp³-hybridized carbons (Fsp3) is 0.391. The van der Waals surface area contributed by atoms with Crippen LogP contribution >= 0.6 is 0 Å². The van der Waals surface area contributed by atoms with Crippen LogP contribution in [0.5, 0.6) is 0 Å². The number of hydrogen-bond acceptors (Lipinski definition) is 5. The third kappa shape index (κ3) is 6.63. The lowest BCUT2D eigenvalue weighted by molar-refractivity contribution is -0.129. The number of likely N-dealkylation sites (N-methyl/N-ethyl adjacent to an activating group) is 1. The third-order valence-electron chi connectivity index (χ3n) is 5.37. The Morgan fingerprint density at radius 1 is 1.00 bits per heavy atom. The first kappa shape index (κ1) is 23.0. The van der Waals surface area contributed by atoms with Crippen molar-refractivity contribution in [3.8, 4) is 0 Å². The monoisotopic (exact) mass is 442 g/mol. The van der Waals surface area contributed by atoms with Gasteiger partial charge in [0, 0.05) is 45.7 Å². The predicted molar refractivity (Wildman–Crippen MR) is 124 cm³/mol. The normalized spacial score (nSPS) is 13.7. The maximum absolute atomic E-state index is 12.5. The average Bonchev–Trinajstić information content (AvgIpc) is 3.31. The zero-order chi connectivity index (χ0) is 22.3. The summed E-state index contributed by atoms with van der Waals surface area (Å²) in [6.45, 7) is 2.44. The molecule has 1 aliphatic heterocycles. The number of hydrogen-bond donors (Lipinski definition) is 1. The van der Waals surface area contributed by atoms with Gasteiger partial charge in [0.2, 0.25) is 15.9 Å². The highest BCUT2D eigenvalue weighted by Crippen LogP contribution is 2.11. The Morgan fingerprint density at radius 2 is 1.71 bits per heavy atom. The molecule has 7 nitrogen and oxygen atoms in total. The van der Waals surface area contributed by atoms with Crippen molar-refractivity contribution >= 4 is 21.8 Å². The Labute approximate surface area is 184 Å². The molecule has 0 atom stereocenters. The van der Waals surface area contributed by atoms with E-state index in [-0.39, 0.29) is 24.6 Å². The van der Waals surface area contributed by atoms with Gasteiger partial charge in [-0.1, -0.05) is 54.6 Å². The molecular weight excluding hydrogens is 412 g/mol. The number of carbonyl (C=O) groups excluding carboxylic acids is 1. The van der Waals surface area contributed by atoms with E-state index in [4.69, 9.17) is 0 Å². The number of benzene rings is 2. The summed E-state index contributed by atoms with van der Waals surface area (Å²) < 4.78 is 26.3. The predicted octanol–water partition coefficient (Wildman–Crippen LogP) is 1.89. The second-order valence-corrected chi connectivity index (χ2v) is 9.81. The Balaban J connectivity index is 1.43. The minimum absolute atomic E-state index is 0.0632. The molecule has 31 heavy (non-hydrogen) atoms. The first-order chi connectivity index (χ1) is 14.8. The molecule has 0 spiro atoms. The summed E-state index contributed by atoms with van der Waals surface area (Å²) in [4.78, 5) is 18.5. The van der Waals surface area contributed by atoms with E-state index in [2.05, 4.69) is 22.4 Å². The Kier molecular flexibility index (Phi) is 7.81. The molecule has 0 saturated carbocycles. The Bertz CT molecular complexity index is 1000. The molecule has 0 unspecified atom stereocenters. The molecule has 0 bridgehead atoms. The lowest BCUT2D eigenvalue weighted by atomic mass is 10.1. The summed E-state index contributed by atoms with van der Waals surface area (Å²) in [5.74, 6) is 0.805. The van der Waals surface area contributed by atoms with Crippen LogP contribution in [-0.2, 0) is 27.0 Å². The van der Waals surface area contributed by atoms with Crippen molar-refractivity contribution in [2.75, 3.05) is 40.3 Å². The summed E-state index contributed by atoms with van der Waals surface area (Å²) in [5.41, 5.74) is 2.95. The number of carbonyl (C=O) groups is 1. The molecule has 3 rings (SSSR count). The van der Waals surface area contributed by atoms with Crippen LogP contribution in [-0.4, -0.2) is 69.6 Å². The van der Waals surface area contributed by atoms with Gasteiger partial charge in [-0.2, -0.15) is 0 Å². The van der Waals surface area contributed by atoms with E-state index >= 15 is 0 Å². The second kappa shape index (κ2) is 10.5. The highest BCUT2D eigenvalue weighted by atomic mass is 32.2. The number of nitrogens with one attached hydrogen (secondary N) is 1. The van der Waals surface area contributed by atoms with Gasteiger partial charge >= 0.3 is 0 Å². The van der Waals surface area contributed by atoms with Gasteiger partial charge in [-0.15, -0.1) is 0 Å². The van der Waals surface area contributed by atoms with Crippen molar-refractivity contribution < 1.29 is 13.2 Å². The van der Waals surface area contributed by atoms with E-state index in [0.717, 1.165) is 42.0 Å². The molecule has 0 aromatic heterocycles. The van der Waals surface area contributed by atoms with Gasteiger partial charge in [-0.3, -0.25) is 9.79 Å². The van der Waals surface area contributed by atoms with Gasteiger partial charge in [0.05, 0.1) is 12.3 Å². The zero-order valence-corrected chi connectivity index (χ0v) is 18.9. The molecule has 0 saturated heterocycles. The SMILES string of the molecule is CN(CCc1ccc(C2=NCCN2)cc1)C(=O)CCN(C)S(=O)(=O)Cc1ccccc1. The quantitative estimate of drug-likeness (QED) is 0.609. The number of amides is 1. The molecule has 8 heteroatoms. The summed E-state index contributed by atoms with van der Waals surface area (Å²) in [5, 5.41) is 3.25. The first-order valence-corrected chi connectivity index (χ1v) is 12.1. The number of amidine groups is 1. The van der Waals surface area contributed by atoms with Crippen molar-refractivity contribution in [1.82, 2.24) is 14.5 Å². The highest BCUT2D eigenvalue weighted by molar-refractivity contribution is 7.88. The summed E-state index contributed by atoms with van der Waals surface area (Å²) in [6.07, 6.45) is 0.899. The van der Waals surface area contributed by atoms with Gasteiger partial charge in [-0.25, -0.2) is 12.7 Å². The summed E-state index contributed by atoms with van der Waals surface area (Å²) in [6, 6.07) is 17.3. The minimum atomic E-state index is -3.45. The Morgan fingerprint density at radius 3 is 2.35 bits per heavy atom. The van der Waals surface area contributed by atoms with Crippen LogP contribution in [0.2, 0.25) is 0 Å². The first-order valence-electron chi connectivity index (χ1n) is 10.4. The van der Waals surface area contributed by atoms with E-state index in [0.29, 0.717) is 6.54 Å². The zero-order valence-electron chi connectivity index (χ0n) is 18.1. The van der Waals surface area contributed by atoms with E-state index in [9.17, 15) is 13.2 Å². The fourth-order valence-electron chi connectivity index (χ4n) is 3.32. The molecule has 1 amide bonds. The van der Waals surface area contributed by atoms with Crippen molar-refractivity contribution in [2.24, 2.45) is 4.99 Å². The largest absolute Gasteiger partial charge is 0.368 e. The molecule has 0 aliphatic carbocycles. The van der Waals surface area contributed by atoms with Crippen LogP contribution in [0.25, 0.3) is 0 Å². The highest BCUT2D eigenvalue weighted by Gasteiger charge is 2.20. The Hall–Kier alpha value is -2.71. The van der Waals surface area contributed by atoms with E-state index in [1.807, 2.05) is 30.3 Å². The van der Waals surface area contributed by atoms with Crippen LogP contribution < -0.4 is 5.32 Å². The summed E-state index contributed by atoms with van der Waals surface area (Å²) in [7, 11) is -0.173. The van der Waals surface area contributed by atoms with E-state index in [1.165, 1.54) is 11.4 Å². The lowest BCUT2D eigenvalue weighted by Gasteiger charge is -2.20. The van der Waals surface area contributed by atoms with Crippen LogP contribution in [0.15, 0.2) is 59.6 Å². The van der Waals surface area contributed by atoms with E-state index in [1.54, 1.807) is 24.1 Å². The van der Waals surface area contributed by atoms with Crippen molar-refractivity contribution in [1.29, 1.82) is 0 Å². The van der Waals surface area contributed by atoms with Gasteiger partial charge in [0.15, 0.2) is 0 Å². The van der Waals surface area contributed by atoms with Crippen LogP contribution in [0, 0.1) is 0 Å². The average molecular weight is 443 g/mol. The third-order valence-corrected chi connectivity index (χ3v) is 7.20. The van der Waals surface area contributed by atoms with Crippen molar-refractivity contribution in [3.63, 3.8) is 0 Å². The molecule has 2 aromatic rings. The number of aliphatic imine (C=N–C) groups is 1. The van der Waals surface area contributed by atoms with Crippen LogP contribution in [0.1, 0.15) is 23.1 Å². The smallest absolute Gasteiger partial charge is 0.223 e. The molecule has 1 aliphatic rings. The second-order valence-electron chi connectivity index (χ2n) is 7.73. The molecule has 166 valence electrons. The van der Waals surface area contributed by atoms with Gasteiger partial charge in [0.1, 0.15) is 5.84 Å². The number of sulfonamides is 1. The molecular formula is C23H30N4O3S. The standard InChI is InChI=1S/C23H30N4O3S/c1-26(16-12-19-8-10-21(11-9-19)23-24-14-15-25-23)22(28)13-17-27(2)31(29,30)18-20-6-4-3-5-7-20/h3-11H,12-18H2,1-2H3,(H,24,25). The van der Waals surface area contributed by atoms with Crippen molar-refractivity contribution in [3.05, 3.63) is 71.3 Å². The van der Waals surface area contributed by atoms with Crippen molar-refractivity contribution in [2.45, 2.75) is 18.6 Å². The summed E-state index contributed by atoms with van der Waals surface area (Å²) >= 11 is 0. The maximum Gasteiger partial charge on any atom is 0.223 e. The van der Waals surface area contributed by atoms with Crippen LogP contribution in [0.3, 0.4) is 0 Å². The molecule has 0 fully saturated rings. The topological polar surface area (TPSA) is 82.1 Å².